The molecule has 5 nitrogen and oxygen atoms in total. The molecule has 0 bridgehead atoms. The van der Waals surface area contributed by atoms with Gasteiger partial charge in [0.1, 0.15) is 18.2 Å². The number of rotatable bonds is 4. The highest BCUT2D eigenvalue weighted by atomic mass is 19.1. The summed E-state index contributed by atoms with van der Waals surface area (Å²) in [6.45, 7) is 0.169. The maximum atomic E-state index is 13.5. The van der Waals surface area contributed by atoms with E-state index >= 15 is 0 Å². The highest BCUT2D eigenvalue weighted by Crippen LogP contribution is 2.21. The summed E-state index contributed by atoms with van der Waals surface area (Å²) in [5.74, 6) is 0.832. The van der Waals surface area contributed by atoms with Crippen LogP contribution in [0.2, 0.25) is 0 Å². The Bertz CT molecular complexity index is 700. The molecule has 1 heterocycles. The lowest BCUT2D eigenvalue weighted by Crippen LogP contribution is -1.98. The monoisotopic (exact) mass is 270 g/mol. The van der Waals surface area contributed by atoms with E-state index in [1.54, 1.807) is 30.3 Å². The van der Waals surface area contributed by atoms with Crippen LogP contribution in [-0.4, -0.2) is 20.6 Å². The molecule has 100 valence electrons. The molecule has 0 saturated carbocycles. The molecule has 0 saturated heterocycles. The van der Waals surface area contributed by atoms with Crippen LogP contribution < -0.4 is 4.74 Å². The van der Waals surface area contributed by atoms with Crippen LogP contribution in [0.1, 0.15) is 5.56 Å². The fraction of sp³-hybridized carbons (Fsp3) is 0.0714. The van der Waals surface area contributed by atoms with E-state index in [4.69, 9.17) is 4.74 Å². The largest absolute Gasteiger partial charge is 0.489 e. The number of aromatic amines is 1. The summed E-state index contributed by atoms with van der Waals surface area (Å²) in [6.07, 6.45) is 0. The van der Waals surface area contributed by atoms with E-state index in [9.17, 15) is 4.39 Å². The Morgan fingerprint density at radius 1 is 1.10 bits per heavy atom. The van der Waals surface area contributed by atoms with Gasteiger partial charge >= 0.3 is 0 Å². The number of ether oxygens (including phenoxy) is 1. The van der Waals surface area contributed by atoms with Crippen molar-refractivity contribution >= 4 is 0 Å². The second-order valence-electron chi connectivity index (χ2n) is 4.14. The maximum absolute atomic E-state index is 13.5. The summed E-state index contributed by atoms with van der Waals surface area (Å²) < 4.78 is 19.1. The van der Waals surface area contributed by atoms with Gasteiger partial charge in [0.15, 0.2) is 0 Å². The number of nitrogens with one attached hydrogen (secondary N) is 1. The average molecular weight is 270 g/mol. The Hall–Kier alpha value is -2.76. The maximum Gasteiger partial charge on any atom is 0.204 e. The minimum Gasteiger partial charge on any atom is -0.489 e. The Labute approximate surface area is 114 Å². The predicted molar refractivity (Wildman–Crippen MR) is 70.3 cm³/mol. The van der Waals surface area contributed by atoms with E-state index in [0.717, 1.165) is 5.56 Å². The van der Waals surface area contributed by atoms with Gasteiger partial charge in [0.05, 0.1) is 0 Å². The third-order valence-electron chi connectivity index (χ3n) is 2.79. The zero-order valence-electron chi connectivity index (χ0n) is 10.5. The van der Waals surface area contributed by atoms with Gasteiger partial charge in [0.2, 0.25) is 5.82 Å². The second kappa shape index (κ2) is 5.48. The van der Waals surface area contributed by atoms with Gasteiger partial charge in [-0.25, -0.2) is 4.39 Å². The minimum atomic E-state index is -0.276. The first kappa shape index (κ1) is 12.3. The van der Waals surface area contributed by atoms with Crippen LogP contribution in [0.15, 0.2) is 48.5 Å². The summed E-state index contributed by atoms with van der Waals surface area (Å²) in [6, 6.07) is 13.8. The third-order valence-corrected chi connectivity index (χ3v) is 2.79. The van der Waals surface area contributed by atoms with Crippen LogP contribution in [0.3, 0.4) is 0 Å². The number of aromatic nitrogens is 4. The molecule has 0 aliphatic rings. The number of benzene rings is 2. The molecule has 0 amide bonds. The molecule has 0 fully saturated rings. The van der Waals surface area contributed by atoms with Crippen molar-refractivity contribution in [3.8, 4) is 17.1 Å². The van der Waals surface area contributed by atoms with E-state index in [1.807, 2.05) is 12.1 Å². The standard InChI is InChI=1S/C14H11FN4O/c15-13-7-2-1-4-11(13)9-20-12-6-3-5-10(8-12)14-16-18-19-17-14/h1-8H,9H2,(H,16,17,18,19). The van der Waals surface area contributed by atoms with E-state index in [2.05, 4.69) is 20.6 Å². The van der Waals surface area contributed by atoms with Gasteiger partial charge in [-0.3, -0.25) is 0 Å². The molecule has 20 heavy (non-hydrogen) atoms. The zero-order chi connectivity index (χ0) is 13.8. The molecule has 6 heteroatoms. The van der Waals surface area contributed by atoms with Crippen molar-refractivity contribution in [1.29, 1.82) is 0 Å². The van der Waals surface area contributed by atoms with Crippen molar-refractivity contribution in [1.82, 2.24) is 20.6 Å². The summed E-state index contributed by atoms with van der Waals surface area (Å²) >= 11 is 0. The molecule has 3 aromatic rings. The average Bonchev–Trinajstić information content (AvgIpc) is 3.01. The number of hydrogen-bond donors (Lipinski definition) is 1. The molecule has 0 atom stereocenters. The third kappa shape index (κ3) is 2.64. The lowest BCUT2D eigenvalue weighted by molar-refractivity contribution is 0.300. The first-order chi connectivity index (χ1) is 9.83. The molecule has 0 aliphatic carbocycles. The normalized spacial score (nSPS) is 10.4. The van der Waals surface area contributed by atoms with Crippen LogP contribution in [0.25, 0.3) is 11.4 Å². The number of hydrogen-bond acceptors (Lipinski definition) is 4. The van der Waals surface area contributed by atoms with Gasteiger partial charge < -0.3 is 4.74 Å². The quantitative estimate of drug-likeness (QED) is 0.791. The van der Waals surface area contributed by atoms with Crippen molar-refractivity contribution in [2.24, 2.45) is 0 Å². The number of H-pyrrole nitrogens is 1. The SMILES string of the molecule is Fc1ccccc1COc1cccc(-c2nn[nH]n2)c1. The van der Waals surface area contributed by atoms with Gasteiger partial charge in [0.25, 0.3) is 0 Å². The molecule has 0 radical (unpaired) electrons. The van der Waals surface area contributed by atoms with E-state index < -0.39 is 0 Å². The Morgan fingerprint density at radius 3 is 2.80 bits per heavy atom. The van der Waals surface area contributed by atoms with Crippen LogP contribution >= 0.6 is 0 Å². The van der Waals surface area contributed by atoms with Crippen LogP contribution in [0.5, 0.6) is 5.75 Å². The van der Waals surface area contributed by atoms with Crippen molar-refractivity contribution in [2.45, 2.75) is 6.61 Å². The first-order valence-corrected chi connectivity index (χ1v) is 6.03. The summed E-state index contributed by atoms with van der Waals surface area (Å²) in [7, 11) is 0. The van der Waals surface area contributed by atoms with Crippen molar-refractivity contribution in [2.75, 3.05) is 0 Å². The topological polar surface area (TPSA) is 63.7 Å². The molecule has 3 rings (SSSR count). The molecular formula is C14H11FN4O. The van der Waals surface area contributed by atoms with Crippen LogP contribution in [-0.2, 0) is 6.61 Å². The summed E-state index contributed by atoms with van der Waals surface area (Å²) in [4.78, 5) is 0. The second-order valence-corrected chi connectivity index (χ2v) is 4.14. The van der Waals surface area contributed by atoms with E-state index in [0.29, 0.717) is 17.1 Å². The number of nitrogens with zero attached hydrogens (tertiary/aromatic N) is 3. The van der Waals surface area contributed by atoms with E-state index in [-0.39, 0.29) is 12.4 Å². The van der Waals surface area contributed by atoms with Crippen molar-refractivity contribution < 1.29 is 9.13 Å². The van der Waals surface area contributed by atoms with Crippen LogP contribution in [0, 0.1) is 5.82 Å². The highest BCUT2D eigenvalue weighted by molar-refractivity contribution is 5.56. The predicted octanol–water partition coefficient (Wildman–Crippen LogP) is 2.58. The van der Waals surface area contributed by atoms with E-state index in [1.165, 1.54) is 6.07 Å². The molecule has 0 unspecified atom stereocenters. The molecule has 0 aliphatic heterocycles. The lowest BCUT2D eigenvalue weighted by Gasteiger charge is -2.07. The Morgan fingerprint density at radius 2 is 2.00 bits per heavy atom. The zero-order valence-corrected chi connectivity index (χ0v) is 10.5. The molecule has 0 spiro atoms. The molecule has 1 aromatic heterocycles. The van der Waals surface area contributed by atoms with Crippen LogP contribution in [0.4, 0.5) is 4.39 Å². The Kier molecular flexibility index (Phi) is 3.36. The molecular weight excluding hydrogens is 259 g/mol. The smallest absolute Gasteiger partial charge is 0.204 e. The van der Waals surface area contributed by atoms with Gasteiger partial charge in [-0.05, 0) is 23.4 Å². The number of halogens is 1. The fourth-order valence-electron chi connectivity index (χ4n) is 1.79. The molecule has 2 aromatic carbocycles. The fourth-order valence-corrected chi connectivity index (χ4v) is 1.79. The molecule has 1 N–H and O–H groups in total. The first-order valence-electron chi connectivity index (χ1n) is 6.03. The van der Waals surface area contributed by atoms with Crippen molar-refractivity contribution in [3.63, 3.8) is 0 Å². The highest BCUT2D eigenvalue weighted by Gasteiger charge is 2.05. The van der Waals surface area contributed by atoms with Gasteiger partial charge in [-0.2, -0.15) is 5.21 Å². The summed E-state index contributed by atoms with van der Waals surface area (Å²) in [5, 5.41) is 13.7. The Balaban J connectivity index is 1.75. The minimum absolute atomic E-state index is 0.169. The summed E-state index contributed by atoms with van der Waals surface area (Å²) in [5.41, 5.74) is 1.29. The van der Waals surface area contributed by atoms with Gasteiger partial charge in [-0.15, -0.1) is 10.2 Å². The van der Waals surface area contributed by atoms with Crippen molar-refractivity contribution in [3.05, 3.63) is 59.9 Å². The number of tetrazole rings is 1. The van der Waals surface area contributed by atoms with Gasteiger partial charge in [0, 0.05) is 11.1 Å². The van der Waals surface area contributed by atoms with Gasteiger partial charge in [-0.1, -0.05) is 30.3 Å². The lowest BCUT2D eigenvalue weighted by atomic mass is 10.2.